The number of aromatic nitrogens is 1. The predicted molar refractivity (Wildman–Crippen MR) is 80.9 cm³/mol. The zero-order valence-corrected chi connectivity index (χ0v) is 11.9. The lowest BCUT2D eigenvalue weighted by Gasteiger charge is -2.08. The normalized spacial score (nSPS) is 10.8. The first-order valence-corrected chi connectivity index (χ1v) is 6.73. The number of rotatable bonds is 5. The van der Waals surface area contributed by atoms with Crippen LogP contribution in [0.1, 0.15) is 11.3 Å². The van der Waals surface area contributed by atoms with Crippen LogP contribution >= 0.6 is 11.3 Å². The summed E-state index contributed by atoms with van der Waals surface area (Å²) in [6.45, 7) is 1.91. The van der Waals surface area contributed by atoms with Gasteiger partial charge in [-0.15, -0.1) is 11.3 Å². The predicted octanol–water partition coefficient (Wildman–Crippen LogP) is 0.586. The number of hydrogen-bond donors (Lipinski definition) is 3. The van der Waals surface area contributed by atoms with Crippen LogP contribution in [0.2, 0.25) is 0 Å². The van der Waals surface area contributed by atoms with Gasteiger partial charge in [-0.2, -0.15) is 5.10 Å². The maximum Gasteiger partial charge on any atom is 0.492 e. The van der Waals surface area contributed by atoms with Gasteiger partial charge in [0.05, 0.1) is 19.0 Å². The number of nitrogens with one attached hydrogen (secondary N) is 1. The second-order valence-corrected chi connectivity index (χ2v) is 4.90. The number of hydrazone groups is 1. The number of thiazole rings is 1. The maximum absolute atomic E-state index is 9.27. The fourth-order valence-electron chi connectivity index (χ4n) is 1.60. The highest BCUT2D eigenvalue weighted by Crippen LogP contribution is 2.14. The Balaban J connectivity index is 2.11. The molecule has 6 nitrogen and oxygen atoms in total. The van der Waals surface area contributed by atoms with Gasteiger partial charge in [0, 0.05) is 10.8 Å². The number of methoxy groups -OCH3 is 1. The molecule has 2 aromatic rings. The van der Waals surface area contributed by atoms with Crippen molar-refractivity contribution < 1.29 is 14.8 Å². The van der Waals surface area contributed by atoms with Crippen LogP contribution < -0.4 is 15.6 Å². The van der Waals surface area contributed by atoms with E-state index in [9.17, 15) is 10.0 Å². The van der Waals surface area contributed by atoms with Crippen molar-refractivity contribution in [2.24, 2.45) is 5.10 Å². The Labute approximate surface area is 120 Å². The lowest BCUT2D eigenvalue weighted by atomic mass is 9.79. The summed E-state index contributed by atoms with van der Waals surface area (Å²) in [5.74, 6) is 0.417. The Morgan fingerprint density at radius 1 is 1.45 bits per heavy atom. The molecule has 0 bridgehead atoms. The average Bonchev–Trinajstić information content (AvgIpc) is 2.84. The molecular formula is C12H14BN3O3S. The van der Waals surface area contributed by atoms with Gasteiger partial charge in [0.2, 0.25) is 5.13 Å². The number of anilines is 1. The smallest absolute Gasteiger partial charge is 0.492 e. The topological polar surface area (TPSA) is 87.0 Å². The molecule has 20 heavy (non-hydrogen) atoms. The van der Waals surface area contributed by atoms with E-state index in [-0.39, 0.29) is 0 Å². The molecule has 0 aliphatic heterocycles. The Morgan fingerprint density at radius 3 is 2.85 bits per heavy atom. The second-order valence-electron chi connectivity index (χ2n) is 4.04. The first kappa shape index (κ1) is 14.5. The fraction of sp³-hybridized carbons (Fsp3) is 0.167. The third-order valence-corrected chi connectivity index (χ3v) is 3.39. The molecule has 0 unspecified atom stereocenters. The lowest BCUT2D eigenvalue weighted by molar-refractivity contribution is 0.403. The van der Waals surface area contributed by atoms with Gasteiger partial charge in [-0.25, -0.2) is 4.98 Å². The molecule has 0 aliphatic rings. The largest absolute Gasteiger partial charge is 0.497 e. The van der Waals surface area contributed by atoms with Gasteiger partial charge in [0.25, 0.3) is 0 Å². The molecule has 0 fully saturated rings. The summed E-state index contributed by atoms with van der Waals surface area (Å²) in [4.78, 5) is 4.21. The van der Waals surface area contributed by atoms with Gasteiger partial charge in [-0.1, -0.05) is 0 Å². The molecular weight excluding hydrogens is 277 g/mol. The molecule has 8 heteroatoms. The first-order valence-electron chi connectivity index (χ1n) is 5.85. The zero-order chi connectivity index (χ0) is 14.5. The van der Waals surface area contributed by atoms with Crippen LogP contribution in [0.4, 0.5) is 5.13 Å². The molecule has 1 heterocycles. The zero-order valence-electron chi connectivity index (χ0n) is 11.1. The van der Waals surface area contributed by atoms with E-state index in [4.69, 9.17) is 4.74 Å². The monoisotopic (exact) mass is 291 g/mol. The van der Waals surface area contributed by atoms with Gasteiger partial charge < -0.3 is 14.8 Å². The van der Waals surface area contributed by atoms with Crippen molar-refractivity contribution in [3.05, 3.63) is 34.8 Å². The van der Waals surface area contributed by atoms with E-state index in [0.717, 1.165) is 11.3 Å². The lowest BCUT2D eigenvalue weighted by Crippen LogP contribution is -2.31. The van der Waals surface area contributed by atoms with Crippen molar-refractivity contribution in [2.75, 3.05) is 12.5 Å². The van der Waals surface area contributed by atoms with E-state index < -0.39 is 7.12 Å². The minimum atomic E-state index is -1.59. The molecule has 104 valence electrons. The Bertz CT molecular complexity index is 616. The molecule has 3 N–H and O–H groups in total. The van der Waals surface area contributed by atoms with Gasteiger partial charge >= 0.3 is 7.12 Å². The van der Waals surface area contributed by atoms with E-state index >= 15 is 0 Å². The summed E-state index contributed by atoms with van der Waals surface area (Å²) in [7, 11) is -0.116. The minimum Gasteiger partial charge on any atom is -0.497 e. The average molecular weight is 291 g/mol. The van der Waals surface area contributed by atoms with Crippen LogP contribution in [0.15, 0.2) is 28.7 Å². The highest BCUT2D eigenvalue weighted by Gasteiger charge is 2.16. The van der Waals surface area contributed by atoms with Gasteiger partial charge in [0.15, 0.2) is 0 Å². The van der Waals surface area contributed by atoms with Crippen LogP contribution in [0.3, 0.4) is 0 Å². The van der Waals surface area contributed by atoms with E-state index in [1.807, 2.05) is 12.3 Å². The number of hydrogen-bond acceptors (Lipinski definition) is 7. The molecule has 0 aliphatic carbocycles. The molecule has 1 aromatic carbocycles. The third kappa shape index (κ3) is 3.56. The number of ether oxygens (including phenoxy) is 1. The van der Waals surface area contributed by atoms with E-state index in [2.05, 4.69) is 15.5 Å². The first-order chi connectivity index (χ1) is 9.60. The fourth-order valence-corrected chi connectivity index (χ4v) is 2.24. The summed E-state index contributed by atoms with van der Waals surface area (Å²) >= 11 is 1.46. The van der Waals surface area contributed by atoms with Crippen LogP contribution in [0.5, 0.6) is 5.75 Å². The molecule has 0 radical (unpaired) electrons. The van der Waals surface area contributed by atoms with Crippen molar-refractivity contribution >= 4 is 35.3 Å². The summed E-state index contributed by atoms with van der Waals surface area (Å²) in [5, 5.41) is 25.2. The molecule has 0 spiro atoms. The summed E-state index contributed by atoms with van der Waals surface area (Å²) in [5.41, 5.74) is 4.76. The van der Waals surface area contributed by atoms with Gasteiger partial charge in [0.1, 0.15) is 5.75 Å². The summed E-state index contributed by atoms with van der Waals surface area (Å²) in [6, 6.07) is 5.02. The quantitative estimate of drug-likeness (QED) is 0.426. The van der Waals surface area contributed by atoms with Crippen molar-refractivity contribution in [1.82, 2.24) is 4.98 Å². The Kier molecular flexibility index (Phi) is 4.72. The molecule has 1 aromatic heterocycles. The summed E-state index contributed by atoms with van der Waals surface area (Å²) < 4.78 is 5.05. The van der Waals surface area contributed by atoms with E-state index in [1.165, 1.54) is 18.4 Å². The Hall–Kier alpha value is -1.90. The van der Waals surface area contributed by atoms with Gasteiger partial charge in [-0.3, -0.25) is 5.43 Å². The number of aryl methyl sites for hydroxylation is 1. The van der Waals surface area contributed by atoms with Crippen LogP contribution in [-0.4, -0.2) is 35.5 Å². The molecule has 0 atom stereocenters. The SMILES string of the molecule is COc1ccc(C=NNc2nc(C)cs2)cc1B(O)O. The molecule has 2 rings (SSSR count). The highest BCUT2D eigenvalue weighted by atomic mass is 32.1. The maximum atomic E-state index is 9.27. The third-order valence-electron chi connectivity index (χ3n) is 2.52. The highest BCUT2D eigenvalue weighted by molar-refractivity contribution is 7.13. The standard InChI is InChI=1S/C12H14BN3O3S/c1-8-7-20-12(15-8)16-14-6-9-3-4-11(19-2)10(5-9)13(17)18/h3-7,17-18H,1-2H3,(H,15,16). The van der Waals surface area contributed by atoms with E-state index in [1.54, 1.807) is 24.4 Å². The van der Waals surface area contributed by atoms with Crippen molar-refractivity contribution in [2.45, 2.75) is 6.92 Å². The van der Waals surface area contributed by atoms with Crippen molar-refractivity contribution in [3.8, 4) is 5.75 Å². The van der Waals surface area contributed by atoms with Gasteiger partial charge in [-0.05, 0) is 30.7 Å². The van der Waals surface area contributed by atoms with Crippen LogP contribution in [0.25, 0.3) is 0 Å². The van der Waals surface area contributed by atoms with E-state index in [0.29, 0.717) is 16.3 Å². The molecule has 0 saturated carbocycles. The van der Waals surface area contributed by atoms with Crippen LogP contribution in [-0.2, 0) is 0 Å². The van der Waals surface area contributed by atoms with Crippen LogP contribution in [0, 0.1) is 6.92 Å². The number of benzene rings is 1. The summed E-state index contributed by atoms with van der Waals surface area (Å²) in [6.07, 6.45) is 1.57. The molecule has 0 amide bonds. The Morgan fingerprint density at radius 2 is 2.25 bits per heavy atom. The van der Waals surface area contributed by atoms with Crippen molar-refractivity contribution in [3.63, 3.8) is 0 Å². The van der Waals surface area contributed by atoms with Crippen molar-refractivity contribution in [1.29, 1.82) is 0 Å². The minimum absolute atomic E-state index is 0.293. The molecule has 0 saturated heterocycles. The second kappa shape index (κ2) is 6.51. The number of nitrogens with zero attached hydrogens (tertiary/aromatic N) is 2.